The first-order valence-corrected chi connectivity index (χ1v) is 11.3. The van der Waals surface area contributed by atoms with Gasteiger partial charge in [0, 0.05) is 33.6 Å². The van der Waals surface area contributed by atoms with Crippen LogP contribution in [0.4, 0.5) is 5.69 Å². The van der Waals surface area contributed by atoms with Gasteiger partial charge in [-0.25, -0.2) is 0 Å². The first-order valence-electron chi connectivity index (χ1n) is 11.3. The molecule has 31 heavy (non-hydrogen) atoms. The topological polar surface area (TPSA) is 16.4 Å². The fourth-order valence-electron chi connectivity index (χ4n) is 4.90. The number of anilines is 1. The van der Waals surface area contributed by atoms with E-state index in [1.807, 2.05) is 12.1 Å². The van der Waals surface area contributed by atoms with Crippen molar-refractivity contribution in [3.63, 3.8) is 0 Å². The molecular weight excluding hydrogens is 378 g/mol. The molecule has 4 aromatic rings. The number of hydrogen-bond acceptors (Lipinski definition) is 2. The third-order valence-electron chi connectivity index (χ3n) is 6.01. The Morgan fingerprint density at radius 3 is 2.06 bits per heavy atom. The molecule has 0 bridgehead atoms. The molecule has 0 saturated carbocycles. The number of rotatable bonds is 3. The van der Waals surface area contributed by atoms with E-state index in [1.165, 1.54) is 33.2 Å². The van der Waals surface area contributed by atoms with Gasteiger partial charge in [0.2, 0.25) is 0 Å². The van der Waals surface area contributed by atoms with Crippen LogP contribution in [-0.4, -0.2) is 11.6 Å². The fourth-order valence-corrected chi connectivity index (χ4v) is 4.90. The predicted octanol–water partition coefficient (Wildman–Crippen LogP) is 8.56. The van der Waals surface area contributed by atoms with Gasteiger partial charge < -0.3 is 9.32 Å². The average molecular weight is 414 g/mol. The minimum Gasteiger partial charge on any atom is -0.456 e. The number of furan rings is 1. The third-order valence-corrected chi connectivity index (χ3v) is 6.01. The van der Waals surface area contributed by atoms with Gasteiger partial charge in [-0.05, 0) is 69.4 Å². The van der Waals surface area contributed by atoms with Crippen LogP contribution in [0.15, 0.2) is 65.1 Å². The fraction of sp³-hybridized carbons (Fsp3) is 0.379. The van der Waals surface area contributed by atoms with E-state index in [4.69, 9.17) is 4.42 Å². The standard InChI is InChI=1S/C29H35NO/c1-19(2)30(29(6,7)8)27-21(13-11-14-24(27)28(3,4)5)20-16-17-26-23(18-20)22-12-9-10-15-25(22)31-26/h9-19H,1-8H3. The molecular formula is C29H35NO. The largest absolute Gasteiger partial charge is 0.456 e. The van der Waals surface area contributed by atoms with Crippen molar-refractivity contribution in [3.05, 3.63) is 66.2 Å². The van der Waals surface area contributed by atoms with Crippen LogP contribution in [0.1, 0.15) is 61.0 Å². The first-order chi connectivity index (χ1) is 14.5. The molecule has 2 nitrogen and oxygen atoms in total. The van der Waals surface area contributed by atoms with Crippen molar-refractivity contribution in [3.8, 4) is 11.1 Å². The van der Waals surface area contributed by atoms with E-state index < -0.39 is 0 Å². The van der Waals surface area contributed by atoms with E-state index in [0.29, 0.717) is 6.04 Å². The molecule has 0 spiro atoms. The molecule has 0 saturated heterocycles. The Bertz CT molecular complexity index is 1230. The van der Waals surface area contributed by atoms with Gasteiger partial charge in [0.15, 0.2) is 0 Å². The molecule has 1 heterocycles. The number of fused-ring (bicyclic) bond motifs is 3. The van der Waals surface area contributed by atoms with Gasteiger partial charge in [-0.1, -0.05) is 63.2 Å². The van der Waals surface area contributed by atoms with Crippen molar-refractivity contribution in [2.45, 2.75) is 72.4 Å². The summed E-state index contributed by atoms with van der Waals surface area (Å²) >= 11 is 0. The molecule has 0 aliphatic heterocycles. The molecule has 0 radical (unpaired) electrons. The number of nitrogens with zero attached hydrogens (tertiary/aromatic N) is 1. The summed E-state index contributed by atoms with van der Waals surface area (Å²) < 4.78 is 6.08. The van der Waals surface area contributed by atoms with Crippen molar-refractivity contribution in [1.29, 1.82) is 0 Å². The highest BCUT2D eigenvalue weighted by atomic mass is 16.3. The minimum atomic E-state index is -0.00327. The van der Waals surface area contributed by atoms with Gasteiger partial charge in [0.1, 0.15) is 11.2 Å². The molecule has 0 aliphatic rings. The van der Waals surface area contributed by atoms with Crippen LogP contribution in [0.5, 0.6) is 0 Å². The lowest BCUT2D eigenvalue weighted by Gasteiger charge is -2.45. The SMILES string of the molecule is CC(C)N(c1c(-c2ccc3oc4ccccc4c3c2)cccc1C(C)(C)C)C(C)(C)C. The van der Waals surface area contributed by atoms with E-state index in [9.17, 15) is 0 Å². The van der Waals surface area contributed by atoms with Crippen LogP contribution in [0.2, 0.25) is 0 Å². The number of hydrogen-bond donors (Lipinski definition) is 0. The highest BCUT2D eigenvalue weighted by molar-refractivity contribution is 6.06. The van der Waals surface area contributed by atoms with Crippen molar-refractivity contribution in [2.75, 3.05) is 4.90 Å². The van der Waals surface area contributed by atoms with Gasteiger partial charge in [0.25, 0.3) is 0 Å². The zero-order chi connectivity index (χ0) is 22.6. The van der Waals surface area contributed by atoms with E-state index in [0.717, 1.165) is 11.2 Å². The summed E-state index contributed by atoms with van der Waals surface area (Å²) in [4.78, 5) is 2.58. The molecule has 0 unspecified atom stereocenters. The second-order valence-corrected chi connectivity index (χ2v) is 10.9. The van der Waals surface area contributed by atoms with Crippen molar-refractivity contribution in [1.82, 2.24) is 0 Å². The Morgan fingerprint density at radius 2 is 1.42 bits per heavy atom. The van der Waals surface area contributed by atoms with Crippen LogP contribution in [-0.2, 0) is 5.41 Å². The maximum absolute atomic E-state index is 6.08. The highest BCUT2D eigenvalue weighted by Gasteiger charge is 2.31. The smallest absolute Gasteiger partial charge is 0.135 e. The highest BCUT2D eigenvalue weighted by Crippen LogP contribution is 2.44. The Kier molecular flexibility index (Phi) is 5.16. The lowest BCUT2D eigenvalue weighted by molar-refractivity contribution is 0.459. The van der Waals surface area contributed by atoms with Crippen molar-refractivity contribution in [2.24, 2.45) is 0 Å². The summed E-state index contributed by atoms with van der Waals surface area (Å²) in [5.41, 5.74) is 7.15. The second-order valence-electron chi connectivity index (χ2n) is 10.9. The Morgan fingerprint density at radius 1 is 0.742 bits per heavy atom. The number of para-hydroxylation sites is 2. The summed E-state index contributed by atoms with van der Waals surface area (Å²) in [6, 6.07) is 22.1. The Hall–Kier alpha value is -2.74. The van der Waals surface area contributed by atoms with Crippen LogP contribution >= 0.6 is 0 Å². The summed E-state index contributed by atoms with van der Waals surface area (Å²) in [5, 5.41) is 2.34. The molecule has 0 N–H and O–H groups in total. The van der Waals surface area contributed by atoms with Gasteiger partial charge in [-0.2, -0.15) is 0 Å². The summed E-state index contributed by atoms with van der Waals surface area (Å²) in [5.74, 6) is 0. The van der Waals surface area contributed by atoms with Gasteiger partial charge >= 0.3 is 0 Å². The van der Waals surface area contributed by atoms with E-state index in [-0.39, 0.29) is 11.0 Å². The second kappa shape index (κ2) is 7.44. The third kappa shape index (κ3) is 3.84. The quantitative estimate of drug-likeness (QED) is 0.334. The molecule has 4 rings (SSSR count). The van der Waals surface area contributed by atoms with Crippen molar-refractivity contribution < 1.29 is 4.42 Å². The predicted molar refractivity (Wildman–Crippen MR) is 135 cm³/mol. The monoisotopic (exact) mass is 413 g/mol. The van der Waals surface area contributed by atoms with Crippen LogP contribution in [0.25, 0.3) is 33.1 Å². The Balaban J connectivity index is 2.04. The lowest BCUT2D eigenvalue weighted by atomic mass is 9.81. The van der Waals surface area contributed by atoms with E-state index in [2.05, 4.69) is 109 Å². The summed E-state index contributed by atoms with van der Waals surface area (Å²) in [6.07, 6.45) is 0. The molecule has 0 amide bonds. The zero-order valence-corrected chi connectivity index (χ0v) is 20.2. The van der Waals surface area contributed by atoms with Crippen LogP contribution in [0.3, 0.4) is 0 Å². The normalized spacial score (nSPS) is 12.8. The maximum Gasteiger partial charge on any atom is 0.135 e. The lowest BCUT2D eigenvalue weighted by Crippen LogP contribution is -2.47. The molecule has 0 atom stereocenters. The van der Waals surface area contributed by atoms with Gasteiger partial charge in [0.05, 0.1) is 0 Å². The summed E-state index contributed by atoms with van der Waals surface area (Å²) in [6.45, 7) is 18.4. The molecule has 162 valence electrons. The Labute approximate surface area is 186 Å². The molecule has 3 aromatic carbocycles. The van der Waals surface area contributed by atoms with E-state index in [1.54, 1.807) is 0 Å². The average Bonchev–Trinajstić information content (AvgIpc) is 3.04. The first kappa shape index (κ1) is 21.5. The van der Waals surface area contributed by atoms with Gasteiger partial charge in [-0.15, -0.1) is 0 Å². The minimum absolute atomic E-state index is 0.00327. The molecule has 1 aromatic heterocycles. The molecule has 2 heteroatoms. The summed E-state index contributed by atoms with van der Waals surface area (Å²) in [7, 11) is 0. The van der Waals surface area contributed by atoms with Gasteiger partial charge in [-0.3, -0.25) is 0 Å². The molecule has 0 aliphatic carbocycles. The van der Waals surface area contributed by atoms with Crippen molar-refractivity contribution >= 4 is 27.6 Å². The zero-order valence-electron chi connectivity index (χ0n) is 20.2. The van der Waals surface area contributed by atoms with Crippen LogP contribution < -0.4 is 4.90 Å². The van der Waals surface area contributed by atoms with Crippen LogP contribution in [0, 0.1) is 0 Å². The maximum atomic E-state index is 6.08. The number of benzene rings is 3. The molecule has 0 fully saturated rings. The van der Waals surface area contributed by atoms with E-state index >= 15 is 0 Å².